The van der Waals surface area contributed by atoms with Crippen LogP contribution in [0.25, 0.3) is 0 Å². The van der Waals surface area contributed by atoms with Gasteiger partial charge in [0.05, 0.1) is 32.8 Å². The Morgan fingerprint density at radius 1 is 1.09 bits per heavy atom. The SMILES string of the molecule is C=C(CC(=O)OCC1CO1)C(=O)OCC1CO1.OCC(O)CO. The van der Waals surface area contributed by atoms with E-state index in [4.69, 9.17) is 34.3 Å². The van der Waals surface area contributed by atoms with E-state index >= 15 is 0 Å². The average molecular weight is 334 g/mol. The van der Waals surface area contributed by atoms with Crippen LogP contribution in [0, 0.1) is 0 Å². The van der Waals surface area contributed by atoms with Crippen molar-refractivity contribution >= 4 is 11.9 Å². The maximum Gasteiger partial charge on any atom is 0.334 e. The van der Waals surface area contributed by atoms with Gasteiger partial charge in [0.15, 0.2) is 0 Å². The maximum absolute atomic E-state index is 11.4. The van der Waals surface area contributed by atoms with Crippen LogP contribution in [0.3, 0.4) is 0 Å². The van der Waals surface area contributed by atoms with Crippen LogP contribution in [0.1, 0.15) is 6.42 Å². The van der Waals surface area contributed by atoms with Gasteiger partial charge in [0.25, 0.3) is 0 Å². The van der Waals surface area contributed by atoms with Gasteiger partial charge in [-0.25, -0.2) is 4.79 Å². The van der Waals surface area contributed by atoms with E-state index in [1.54, 1.807) is 0 Å². The third-order valence-electron chi connectivity index (χ3n) is 2.70. The molecular formula is C14H22O9. The molecule has 132 valence electrons. The molecule has 23 heavy (non-hydrogen) atoms. The zero-order valence-electron chi connectivity index (χ0n) is 12.7. The summed E-state index contributed by atoms with van der Waals surface area (Å²) in [5.41, 5.74) is 0.0902. The molecule has 2 aliphatic heterocycles. The Morgan fingerprint density at radius 2 is 1.57 bits per heavy atom. The Labute approximate surface area is 133 Å². The first-order valence-corrected chi connectivity index (χ1v) is 7.09. The summed E-state index contributed by atoms with van der Waals surface area (Å²) in [7, 11) is 0. The van der Waals surface area contributed by atoms with Crippen LogP contribution >= 0.6 is 0 Å². The first-order valence-electron chi connectivity index (χ1n) is 7.09. The first kappa shape index (κ1) is 19.5. The van der Waals surface area contributed by atoms with Crippen molar-refractivity contribution in [3.8, 4) is 0 Å². The molecule has 0 bridgehead atoms. The summed E-state index contributed by atoms with van der Waals surface area (Å²) < 4.78 is 19.5. The fraction of sp³-hybridized carbons (Fsp3) is 0.714. The van der Waals surface area contributed by atoms with Crippen LogP contribution in [0.5, 0.6) is 0 Å². The highest BCUT2D eigenvalue weighted by atomic mass is 16.6. The molecule has 2 rings (SSSR count). The van der Waals surface area contributed by atoms with Crippen molar-refractivity contribution in [1.82, 2.24) is 0 Å². The Bertz CT molecular complexity index is 397. The van der Waals surface area contributed by atoms with Gasteiger partial charge in [0.2, 0.25) is 0 Å². The molecule has 0 saturated carbocycles. The van der Waals surface area contributed by atoms with E-state index in [0.29, 0.717) is 13.2 Å². The molecule has 0 spiro atoms. The second kappa shape index (κ2) is 10.3. The lowest BCUT2D eigenvalue weighted by Gasteiger charge is -2.05. The summed E-state index contributed by atoms with van der Waals surface area (Å²) in [6.45, 7) is 4.44. The number of ether oxygens (including phenoxy) is 4. The van der Waals surface area contributed by atoms with Crippen molar-refractivity contribution in [1.29, 1.82) is 0 Å². The molecule has 9 heteroatoms. The van der Waals surface area contributed by atoms with E-state index < -0.39 is 18.0 Å². The fourth-order valence-corrected chi connectivity index (χ4v) is 1.14. The summed E-state index contributed by atoms with van der Waals surface area (Å²) in [5, 5.41) is 24.0. The predicted molar refractivity (Wildman–Crippen MR) is 75.3 cm³/mol. The second-order valence-electron chi connectivity index (χ2n) is 4.99. The van der Waals surface area contributed by atoms with Crippen molar-refractivity contribution in [3.05, 3.63) is 12.2 Å². The number of aliphatic hydroxyl groups excluding tert-OH is 3. The minimum Gasteiger partial charge on any atom is -0.463 e. The van der Waals surface area contributed by atoms with Crippen molar-refractivity contribution in [2.75, 3.05) is 39.6 Å². The molecule has 2 unspecified atom stereocenters. The highest BCUT2D eigenvalue weighted by molar-refractivity contribution is 5.93. The summed E-state index contributed by atoms with van der Waals surface area (Å²) in [4.78, 5) is 22.6. The predicted octanol–water partition coefficient (Wildman–Crippen LogP) is -1.85. The lowest BCUT2D eigenvalue weighted by molar-refractivity contribution is -0.146. The van der Waals surface area contributed by atoms with Crippen LogP contribution in [0.15, 0.2) is 12.2 Å². The van der Waals surface area contributed by atoms with Gasteiger partial charge in [-0.15, -0.1) is 0 Å². The van der Waals surface area contributed by atoms with E-state index in [1.807, 2.05) is 0 Å². The van der Waals surface area contributed by atoms with Crippen LogP contribution in [-0.4, -0.2) is 85.2 Å². The van der Waals surface area contributed by atoms with E-state index in [-0.39, 0.29) is 50.6 Å². The second-order valence-corrected chi connectivity index (χ2v) is 4.99. The molecule has 2 atom stereocenters. The highest BCUT2D eigenvalue weighted by Crippen LogP contribution is 2.12. The molecule has 0 aromatic heterocycles. The molecule has 9 nitrogen and oxygen atoms in total. The zero-order chi connectivity index (χ0) is 17.2. The Morgan fingerprint density at radius 3 is 1.96 bits per heavy atom. The summed E-state index contributed by atoms with van der Waals surface area (Å²) in [6.07, 6.45) is -1.08. The van der Waals surface area contributed by atoms with E-state index in [1.165, 1.54) is 0 Å². The minimum atomic E-state index is -0.954. The third kappa shape index (κ3) is 9.97. The highest BCUT2D eigenvalue weighted by Gasteiger charge is 2.26. The topological polar surface area (TPSA) is 138 Å². The molecule has 2 saturated heterocycles. The number of rotatable bonds is 9. The van der Waals surface area contributed by atoms with Gasteiger partial charge < -0.3 is 34.3 Å². The fourth-order valence-electron chi connectivity index (χ4n) is 1.14. The molecule has 2 aliphatic rings. The third-order valence-corrected chi connectivity index (χ3v) is 2.70. The van der Waals surface area contributed by atoms with Gasteiger partial charge in [0, 0.05) is 5.57 Å². The smallest absolute Gasteiger partial charge is 0.334 e. The number of hydrogen-bond acceptors (Lipinski definition) is 9. The largest absolute Gasteiger partial charge is 0.463 e. The molecule has 0 aromatic rings. The molecule has 0 aromatic carbocycles. The van der Waals surface area contributed by atoms with E-state index in [2.05, 4.69) is 6.58 Å². The number of hydrogen-bond donors (Lipinski definition) is 3. The summed E-state index contributed by atoms with van der Waals surface area (Å²) >= 11 is 0. The van der Waals surface area contributed by atoms with E-state index in [0.717, 1.165) is 0 Å². The van der Waals surface area contributed by atoms with Crippen LogP contribution < -0.4 is 0 Å². The molecule has 2 fully saturated rings. The number of esters is 2. The number of epoxide rings is 2. The maximum atomic E-state index is 11.4. The Kier molecular flexibility index (Phi) is 8.74. The lowest BCUT2D eigenvalue weighted by atomic mass is 10.2. The van der Waals surface area contributed by atoms with Crippen molar-refractivity contribution < 1.29 is 43.9 Å². The quantitative estimate of drug-likeness (QED) is 0.252. The number of carbonyl (C=O) groups excluding carboxylic acids is 2. The lowest BCUT2D eigenvalue weighted by Crippen LogP contribution is -2.16. The monoisotopic (exact) mass is 334 g/mol. The van der Waals surface area contributed by atoms with Crippen LogP contribution in [0.2, 0.25) is 0 Å². The van der Waals surface area contributed by atoms with Crippen molar-refractivity contribution in [3.63, 3.8) is 0 Å². The standard InChI is InChI=1S/C11H14O6.C3H8O3/c1-7(11(13)17-6-9-4-15-9)2-10(12)16-5-8-3-14-8;4-1-3(6)2-5/h8-9H,1-6H2;3-6H,1-2H2. The first-order chi connectivity index (χ1) is 11.0. The van der Waals surface area contributed by atoms with Gasteiger partial charge in [-0.05, 0) is 0 Å². The molecule has 0 amide bonds. The van der Waals surface area contributed by atoms with E-state index in [9.17, 15) is 9.59 Å². The van der Waals surface area contributed by atoms with Crippen LogP contribution in [-0.2, 0) is 28.5 Å². The minimum absolute atomic E-state index is 0.00529. The van der Waals surface area contributed by atoms with Gasteiger partial charge in [-0.3, -0.25) is 4.79 Å². The average Bonchev–Trinajstić information content (AvgIpc) is 3.44. The van der Waals surface area contributed by atoms with Crippen LogP contribution in [0.4, 0.5) is 0 Å². The van der Waals surface area contributed by atoms with Gasteiger partial charge >= 0.3 is 11.9 Å². The molecular weight excluding hydrogens is 312 g/mol. The molecule has 0 radical (unpaired) electrons. The van der Waals surface area contributed by atoms with Gasteiger partial charge in [-0.2, -0.15) is 0 Å². The van der Waals surface area contributed by atoms with Crippen molar-refractivity contribution in [2.24, 2.45) is 0 Å². The molecule has 3 N–H and O–H groups in total. The molecule has 0 aliphatic carbocycles. The normalized spacial score (nSPS) is 21.0. The zero-order valence-corrected chi connectivity index (χ0v) is 12.7. The Hall–Kier alpha value is -1.52. The number of aliphatic hydroxyl groups is 3. The Balaban J connectivity index is 0.000000379. The number of carbonyl (C=O) groups is 2. The van der Waals surface area contributed by atoms with Crippen molar-refractivity contribution in [2.45, 2.75) is 24.7 Å². The molecule has 2 heterocycles. The summed E-state index contributed by atoms with van der Waals surface area (Å²) in [6, 6.07) is 0. The summed E-state index contributed by atoms with van der Waals surface area (Å²) in [5.74, 6) is -1.08. The van der Waals surface area contributed by atoms with Gasteiger partial charge in [-0.1, -0.05) is 6.58 Å². The van der Waals surface area contributed by atoms with Gasteiger partial charge in [0.1, 0.15) is 31.5 Å².